The van der Waals surface area contributed by atoms with Crippen molar-refractivity contribution in [3.05, 3.63) is 151 Å². The van der Waals surface area contributed by atoms with E-state index in [0.717, 1.165) is 0 Å². The molecule has 0 aliphatic heterocycles. The van der Waals surface area contributed by atoms with Gasteiger partial charge in [0.25, 0.3) is 29.5 Å². The monoisotopic (exact) mass is 1270 g/mol. The quantitative estimate of drug-likeness (QED) is 0.0395. The van der Waals surface area contributed by atoms with Crippen LogP contribution in [-0.2, 0) is 0 Å². The van der Waals surface area contributed by atoms with Crippen molar-refractivity contribution in [3.63, 3.8) is 0 Å². The zero-order valence-electron chi connectivity index (χ0n) is 51.1. The lowest BCUT2D eigenvalue weighted by Crippen LogP contribution is -2.14. The second-order valence-corrected chi connectivity index (χ2v) is 17.3. The predicted molar refractivity (Wildman–Crippen MR) is 328 cm³/mol. The van der Waals surface area contributed by atoms with Gasteiger partial charge in [0.1, 0.15) is 59.9 Å². The van der Waals surface area contributed by atoms with Crippen molar-refractivity contribution in [1.82, 2.24) is 70.7 Å². The van der Waals surface area contributed by atoms with E-state index in [1.165, 1.54) is 108 Å². The number of aromatic amines is 5. The van der Waals surface area contributed by atoms with Gasteiger partial charge in [0.05, 0.1) is 107 Å². The fourth-order valence-corrected chi connectivity index (χ4v) is 7.43. The highest BCUT2D eigenvalue weighted by Gasteiger charge is 2.20. The van der Waals surface area contributed by atoms with Crippen LogP contribution >= 0.6 is 0 Å². The van der Waals surface area contributed by atoms with Crippen molar-refractivity contribution in [3.8, 4) is 63.2 Å². The number of amides is 5. The highest BCUT2D eigenvalue weighted by atomic mass is 16.5. The number of imidazole rings is 1. The van der Waals surface area contributed by atoms with Crippen molar-refractivity contribution in [1.29, 1.82) is 0 Å². The average molecular weight is 1270 g/mol. The first kappa shape index (κ1) is 68.1. The first-order valence-corrected chi connectivity index (χ1v) is 26.3. The number of ether oxygens (including phenoxy) is 11. The van der Waals surface area contributed by atoms with Crippen LogP contribution in [-0.4, -0.2) is 178 Å². The number of carbonyl (C=O) groups excluding carboxylic acids is 5. The number of anilines is 5. The molecule has 5 heterocycles. The standard InChI is InChI=1S/C12H14N4O4.C12H13N3O3.3C11H12N4O3/c1-18-8-5-10(20-3)9(19-2)4-7(8)11(17)15-12-13-6-14-16-12;1-17-9-4-3-8(5-10(9)18-2)12(16)15-11-6-13-7-14-11;1-17-7-3-4-9(18-2)8(5-7)10(16)14-11-12-6-13-15-11;1-17-7-3-4-8(9(5-7)18-2)10(16)14-11-12-6-13-15-11;1-17-8-4-3-7(5-9(8)18-2)10(16)14-11-12-6-13-15-11/h4-6H,1-3H3,(H2,13,14,15,16,17);3-7H,1-2H3,(H,13,14)(H,15,16);3*3-6H,1-2H3,(H2,12,13,14,15,16). The lowest BCUT2D eigenvalue weighted by Gasteiger charge is -2.13. The maximum Gasteiger partial charge on any atom is 0.261 e. The van der Waals surface area contributed by atoms with Gasteiger partial charge in [-0.25, -0.2) is 25.4 Å². The van der Waals surface area contributed by atoms with Crippen LogP contribution < -0.4 is 78.7 Å². The van der Waals surface area contributed by atoms with E-state index in [9.17, 15) is 24.0 Å². The van der Waals surface area contributed by atoms with Gasteiger partial charge in [-0.3, -0.25) is 45.2 Å². The molecule has 92 heavy (non-hydrogen) atoms. The van der Waals surface area contributed by atoms with Gasteiger partial charge < -0.3 is 62.4 Å². The van der Waals surface area contributed by atoms with Crippen LogP contribution in [0.15, 0.2) is 123 Å². The molecule has 35 nitrogen and oxygen atoms in total. The fraction of sp³-hybridized carbons (Fsp3) is 0.193. The Hall–Kier alpha value is -13.0. The maximum atomic E-state index is 12.2. The Balaban J connectivity index is 0.000000183. The second kappa shape index (κ2) is 35.0. The van der Waals surface area contributed by atoms with Gasteiger partial charge in [0.2, 0.25) is 23.8 Å². The molecule has 10 rings (SSSR count). The summed E-state index contributed by atoms with van der Waals surface area (Å²) in [5, 5.41) is 37.6. The fourth-order valence-electron chi connectivity index (χ4n) is 7.43. The lowest BCUT2D eigenvalue weighted by atomic mass is 10.1. The van der Waals surface area contributed by atoms with Crippen LogP contribution in [0.4, 0.5) is 29.6 Å². The highest BCUT2D eigenvalue weighted by molar-refractivity contribution is 6.07. The molecule has 0 saturated carbocycles. The molecule has 0 atom stereocenters. The normalized spacial score (nSPS) is 9.90. The number of hydrogen-bond acceptors (Lipinski definition) is 25. The van der Waals surface area contributed by atoms with Crippen LogP contribution in [0.25, 0.3) is 0 Å². The summed E-state index contributed by atoms with van der Waals surface area (Å²) in [5.41, 5.74) is 1.94. The summed E-state index contributed by atoms with van der Waals surface area (Å²) in [6, 6.07) is 22.8. The molecule has 0 unspecified atom stereocenters. The topological polar surface area (TPSA) is 442 Å². The van der Waals surface area contributed by atoms with Crippen molar-refractivity contribution in [2.24, 2.45) is 0 Å². The number of aromatic nitrogens is 14. The van der Waals surface area contributed by atoms with E-state index in [4.69, 9.17) is 52.1 Å². The SMILES string of the molecule is COc1cc(OC)c(C(=O)Nc2ncn[nH]2)cc1OC.COc1ccc(C(=O)Nc2cnc[nH]2)cc1OC.COc1ccc(C(=O)Nc2ncn[nH]2)c(OC)c1.COc1ccc(C(=O)Nc2ncn[nH]2)cc1OC.COc1ccc(OC)c(C(=O)Nc2ncn[nH]2)c1. The minimum atomic E-state index is -0.403. The van der Waals surface area contributed by atoms with Gasteiger partial charge in [-0.2, -0.15) is 40.3 Å². The Morgan fingerprint density at radius 3 is 1.09 bits per heavy atom. The molecule has 0 spiro atoms. The smallest absolute Gasteiger partial charge is 0.261 e. The van der Waals surface area contributed by atoms with Gasteiger partial charge in [0, 0.05) is 29.3 Å². The van der Waals surface area contributed by atoms with Crippen LogP contribution in [0.2, 0.25) is 0 Å². The van der Waals surface area contributed by atoms with Gasteiger partial charge in [-0.1, -0.05) is 0 Å². The molecule has 482 valence electrons. The highest BCUT2D eigenvalue weighted by Crippen LogP contribution is 2.35. The van der Waals surface area contributed by atoms with Gasteiger partial charge in [-0.05, 0) is 66.7 Å². The molecule has 5 aromatic carbocycles. The predicted octanol–water partition coefficient (Wildman–Crippen LogP) is 5.98. The van der Waals surface area contributed by atoms with E-state index in [0.29, 0.717) is 96.9 Å². The van der Waals surface area contributed by atoms with Crippen LogP contribution in [0.1, 0.15) is 51.8 Å². The Morgan fingerprint density at radius 1 is 0.326 bits per heavy atom. The van der Waals surface area contributed by atoms with Crippen molar-refractivity contribution < 1.29 is 76.1 Å². The summed E-state index contributed by atoms with van der Waals surface area (Å²) in [6.07, 6.45) is 8.23. The molecule has 10 N–H and O–H groups in total. The molecule has 0 radical (unpaired) electrons. The first-order valence-electron chi connectivity index (χ1n) is 26.3. The molecule has 5 amide bonds. The molecule has 0 saturated heterocycles. The van der Waals surface area contributed by atoms with E-state index in [1.807, 2.05) is 0 Å². The van der Waals surface area contributed by atoms with Crippen molar-refractivity contribution in [2.45, 2.75) is 0 Å². The minimum absolute atomic E-state index is 0.242. The van der Waals surface area contributed by atoms with Crippen LogP contribution in [0, 0.1) is 0 Å². The number of hydrogen-bond donors (Lipinski definition) is 10. The number of nitrogens with zero attached hydrogens (tertiary/aromatic N) is 9. The molecule has 0 fully saturated rings. The zero-order chi connectivity index (χ0) is 66.4. The second-order valence-electron chi connectivity index (χ2n) is 17.3. The van der Waals surface area contributed by atoms with Gasteiger partial charge in [-0.15, -0.1) is 0 Å². The Morgan fingerprint density at radius 2 is 0.685 bits per heavy atom. The molecule has 0 bridgehead atoms. The van der Waals surface area contributed by atoms with Gasteiger partial charge in [0.15, 0.2) is 34.5 Å². The largest absolute Gasteiger partial charge is 0.497 e. The Bertz CT molecular complexity index is 3830. The number of carbonyl (C=O) groups is 5. The van der Waals surface area contributed by atoms with Crippen LogP contribution in [0.5, 0.6) is 63.2 Å². The van der Waals surface area contributed by atoms with E-state index in [1.54, 1.807) is 93.1 Å². The third kappa shape index (κ3) is 19.3. The third-order valence-electron chi connectivity index (χ3n) is 11.9. The number of rotatable bonds is 21. The maximum absolute atomic E-state index is 12.2. The Labute approximate surface area is 523 Å². The summed E-state index contributed by atoms with van der Waals surface area (Å²) >= 11 is 0. The summed E-state index contributed by atoms with van der Waals surface area (Å²) in [4.78, 5) is 81.8. The molecule has 5 aromatic heterocycles. The van der Waals surface area contributed by atoms with Gasteiger partial charge >= 0.3 is 0 Å². The summed E-state index contributed by atoms with van der Waals surface area (Å²) in [6.45, 7) is 0. The molecule has 0 aliphatic rings. The molecular weight excluding hydrogens is 1210 g/mol. The first-order chi connectivity index (χ1) is 44.7. The molecular formula is C57H63N19O16. The zero-order valence-corrected chi connectivity index (χ0v) is 51.1. The van der Waals surface area contributed by atoms with E-state index in [2.05, 4.69) is 97.3 Å². The van der Waals surface area contributed by atoms with E-state index in [-0.39, 0.29) is 47.4 Å². The summed E-state index contributed by atoms with van der Waals surface area (Å²) < 4.78 is 56.3. The number of H-pyrrole nitrogens is 5. The number of benzene rings is 5. The van der Waals surface area contributed by atoms with E-state index >= 15 is 0 Å². The molecule has 35 heteroatoms. The van der Waals surface area contributed by atoms with Crippen LogP contribution in [0.3, 0.4) is 0 Å². The molecule has 10 aromatic rings. The molecule has 0 aliphatic carbocycles. The number of methoxy groups -OCH3 is 11. The third-order valence-corrected chi connectivity index (χ3v) is 11.9. The summed E-state index contributed by atoms with van der Waals surface area (Å²) in [5.74, 6) is 5.40. The minimum Gasteiger partial charge on any atom is -0.497 e. The van der Waals surface area contributed by atoms with E-state index < -0.39 is 5.91 Å². The van der Waals surface area contributed by atoms with Crippen molar-refractivity contribution >= 4 is 59.1 Å². The number of nitrogens with one attached hydrogen (secondary N) is 10. The summed E-state index contributed by atoms with van der Waals surface area (Å²) in [7, 11) is 16.6. The average Bonchev–Trinajstić information content (AvgIpc) is 1.83. The van der Waals surface area contributed by atoms with Crippen molar-refractivity contribution in [2.75, 3.05) is 105 Å². The lowest BCUT2D eigenvalue weighted by molar-refractivity contribution is 0.101. The Kier molecular flexibility index (Phi) is 25.9.